The standard InChI is InChI=1S/C13H12N2O3/c16-7-3-6-15-8-14-11-9-4-1-2-5-10(9)18-12(11)13(15)17/h1-2,4-5,8,16H,3,6-7H2. The Morgan fingerprint density at radius 1 is 1.33 bits per heavy atom. The van der Waals surface area contributed by atoms with Crippen LogP contribution in [0.1, 0.15) is 6.42 Å². The smallest absolute Gasteiger partial charge is 0.297 e. The normalized spacial score (nSPS) is 11.4. The first kappa shape index (κ1) is 11.0. The van der Waals surface area contributed by atoms with E-state index in [2.05, 4.69) is 4.98 Å². The number of rotatable bonds is 3. The quantitative estimate of drug-likeness (QED) is 0.758. The van der Waals surface area contributed by atoms with Crippen molar-refractivity contribution >= 4 is 22.1 Å². The molecule has 0 unspecified atom stereocenters. The predicted octanol–water partition coefficient (Wildman–Crippen LogP) is 1.53. The van der Waals surface area contributed by atoms with Crippen LogP contribution in [0, 0.1) is 0 Å². The van der Waals surface area contributed by atoms with E-state index in [9.17, 15) is 4.79 Å². The maximum atomic E-state index is 12.2. The molecule has 0 fully saturated rings. The fraction of sp³-hybridized carbons (Fsp3) is 0.231. The molecule has 0 radical (unpaired) electrons. The van der Waals surface area contributed by atoms with E-state index in [1.54, 1.807) is 0 Å². The highest BCUT2D eigenvalue weighted by Gasteiger charge is 2.12. The zero-order valence-electron chi connectivity index (χ0n) is 9.67. The maximum absolute atomic E-state index is 12.2. The molecule has 5 nitrogen and oxygen atoms in total. The van der Waals surface area contributed by atoms with Gasteiger partial charge in [0.25, 0.3) is 5.56 Å². The Balaban J connectivity index is 2.26. The third-order valence-electron chi connectivity index (χ3n) is 2.91. The van der Waals surface area contributed by atoms with Crippen LogP contribution in [0.2, 0.25) is 0 Å². The van der Waals surface area contributed by atoms with Crippen molar-refractivity contribution in [2.75, 3.05) is 6.61 Å². The van der Waals surface area contributed by atoms with Gasteiger partial charge in [-0.3, -0.25) is 9.36 Å². The number of para-hydroxylation sites is 1. The second kappa shape index (κ2) is 4.27. The largest absolute Gasteiger partial charge is 0.448 e. The zero-order chi connectivity index (χ0) is 12.5. The van der Waals surface area contributed by atoms with Crippen molar-refractivity contribution in [3.63, 3.8) is 0 Å². The number of aromatic nitrogens is 2. The van der Waals surface area contributed by atoms with Gasteiger partial charge < -0.3 is 9.52 Å². The lowest BCUT2D eigenvalue weighted by atomic mass is 10.2. The summed E-state index contributed by atoms with van der Waals surface area (Å²) in [6, 6.07) is 7.44. The molecule has 18 heavy (non-hydrogen) atoms. The Labute approximate surface area is 102 Å². The highest BCUT2D eigenvalue weighted by molar-refractivity contribution is 6.01. The molecule has 0 aliphatic heterocycles. The zero-order valence-corrected chi connectivity index (χ0v) is 9.67. The molecule has 0 aliphatic rings. The maximum Gasteiger partial charge on any atom is 0.297 e. The van der Waals surface area contributed by atoms with E-state index in [-0.39, 0.29) is 17.7 Å². The van der Waals surface area contributed by atoms with E-state index in [4.69, 9.17) is 9.52 Å². The summed E-state index contributed by atoms with van der Waals surface area (Å²) < 4.78 is 7.00. The fourth-order valence-corrected chi connectivity index (χ4v) is 2.02. The van der Waals surface area contributed by atoms with Crippen molar-refractivity contribution in [3.05, 3.63) is 40.9 Å². The van der Waals surface area contributed by atoms with Gasteiger partial charge >= 0.3 is 0 Å². The lowest BCUT2D eigenvalue weighted by Gasteiger charge is -2.01. The first-order valence-corrected chi connectivity index (χ1v) is 5.79. The Hall–Kier alpha value is -2.14. The summed E-state index contributed by atoms with van der Waals surface area (Å²) in [6.45, 7) is 0.486. The molecule has 1 N–H and O–H groups in total. The minimum absolute atomic E-state index is 0.0462. The molecule has 0 atom stereocenters. The summed E-state index contributed by atoms with van der Waals surface area (Å²) in [7, 11) is 0. The van der Waals surface area contributed by atoms with Crippen LogP contribution in [0.5, 0.6) is 0 Å². The first-order valence-electron chi connectivity index (χ1n) is 5.79. The van der Waals surface area contributed by atoms with E-state index in [0.29, 0.717) is 24.1 Å². The van der Waals surface area contributed by atoms with Gasteiger partial charge in [0.2, 0.25) is 5.58 Å². The number of fused-ring (bicyclic) bond motifs is 3. The van der Waals surface area contributed by atoms with E-state index in [1.807, 2.05) is 24.3 Å². The molecule has 0 saturated heterocycles. The second-order valence-corrected chi connectivity index (χ2v) is 4.10. The number of aryl methyl sites for hydroxylation is 1. The van der Waals surface area contributed by atoms with Crippen molar-refractivity contribution in [1.82, 2.24) is 9.55 Å². The van der Waals surface area contributed by atoms with Gasteiger partial charge in [-0.05, 0) is 18.6 Å². The van der Waals surface area contributed by atoms with Crippen LogP contribution in [-0.2, 0) is 6.54 Å². The number of hydrogen-bond donors (Lipinski definition) is 1. The average molecular weight is 244 g/mol. The molecule has 3 rings (SSSR count). The molecule has 0 saturated carbocycles. The third kappa shape index (κ3) is 1.60. The number of furan rings is 1. The number of aliphatic hydroxyl groups excluding tert-OH is 1. The van der Waals surface area contributed by atoms with E-state index in [1.165, 1.54) is 10.9 Å². The molecule has 92 valence electrons. The summed E-state index contributed by atoms with van der Waals surface area (Å²) >= 11 is 0. The van der Waals surface area contributed by atoms with Crippen molar-refractivity contribution in [2.45, 2.75) is 13.0 Å². The summed E-state index contributed by atoms with van der Waals surface area (Å²) in [5.74, 6) is 0. The molecule has 3 aromatic rings. The Morgan fingerprint density at radius 3 is 3.00 bits per heavy atom. The monoisotopic (exact) mass is 244 g/mol. The van der Waals surface area contributed by atoms with Crippen LogP contribution in [0.3, 0.4) is 0 Å². The van der Waals surface area contributed by atoms with Gasteiger partial charge in [0.05, 0.1) is 6.33 Å². The number of hydrogen-bond acceptors (Lipinski definition) is 4. The Kier molecular flexibility index (Phi) is 2.60. The van der Waals surface area contributed by atoms with E-state index >= 15 is 0 Å². The highest BCUT2D eigenvalue weighted by atomic mass is 16.3. The molecular weight excluding hydrogens is 232 g/mol. The van der Waals surface area contributed by atoms with Gasteiger partial charge in [0.1, 0.15) is 11.1 Å². The van der Waals surface area contributed by atoms with Gasteiger partial charge in [-0.25, -0.2) is 4.98 Å². The Morgan fingerprint density at radius 2 is 2.17 bits per heavy atom. The van der Waals surface area contributed by atoms with E-state index in [0.717, 1.165) is 5.39 Å². The highest BCUT2D eigenvalue weighted by Crippen LogP contribution is 2.23. The molecule has 5 heteroatoms. The molecule has 2 aromatic heterocycles. The van der Waals surface area contributed by atoms with Crippen LogP contribution < -0.4 is 5.56 Å². The van der Waals surface area contributed by atoms with Crippen LogP contribution >= 0.6 is 0 Å². The molecule has 2 heterocycles. The van der Waals surface area contributed by atoms with Gasteiger partial charge in [-0.15, -0.1) is 0 Å². The summed E-state index contributed by atoms with van der Waals surface area (Å²) in [4.78, 5) is 16.4. The van der Waals surface area contributed by atoms with Gasteiger partial charge in [-0.1, -0.05) is 12.1 Å². The minimum Gasteiger partial charge on any atom is -0.448 e. The van der Waals surface area contributed by atoms with Crippen molar-refractivity contribution in [2.24, 2.45) is 0 Å². The van der Waals surface area contributed by atoms with Crippen LogP contribution in [-0.4, -0.2) is 21.3 Å². The SMILES string of the molecule is O=c1c2oc3ccccc3c2ncn1CCCO. The molecule has 0 bridgehead atoms. The van der Waals surface area contributed by atoms with Crippen molar-refractivity contribution < 1.29 is 9.52 Å². The molecule has 0 amide bonds. The van der Waals surface area contributed by atoms with E-state index < -0.39 is 0 Å². The van der Waals surface area contributed by atoms with Crippen molar-refractivity contribution in [1.29, 1.82) is 0 Å². The Bertz CT molecular complexity index is 758. The second-order valence-electron chi connectivity index (χ2n) is 4.10. The third-order valence-corrected chi connectivity index (χ3v) is 2.91. The minimum atomic E-state index is -0.204. The summed E-state index contributed by atoms with van der Waals surface area (Å²) in [5, 5.41) is 9.63. The summed E-state index contributed by atoms with van der Waals surface area (Å²) in [6.07, 6.45) is 2.02. The van der Waals surface area contributed by atoms with Crippen LogP contribution in [0.25, 0.3) is 22.1 Å². The molecular formula is C13H12N2O3. The molecule has 1 aromatic carbocycles. The molecule has 0 spiro atoms. The predicted molar refractivity (Wildman–Crippen MR) is 67.5 cm³/mol. The van der Waals surface area contributed by atoms with Gasteiger partial charge in [-0.2, -0.15) is 0 Å². The van der Waals surface area contributed by atoms with Gasteiger partial charge in [0, 0.05) is 18.5 Å². The van der Waals surface area contributed by atoms with Crippen molar-refractivity contribution in [3.8, 4) is 0 Å². The lowest BCUT2D eigenvalue weighted by molar-refractivity contribution is 0.279. The van der Waals surface area contributed by atoms with Gasteiger partial charge in [0.15, 0.2) is 0 Å². The fourth-order valence-electron chi connectivity index (χ4n) is 2.02. The summed E-state index contributed by atoms with van der Waals surface area (Å²) in [5.41, 5.74) is 1.33. The number of nitrogens with zero attached hydrogens (tertiary/aromatic N) is 2. The lowest BCUT2D eigenvalue weighted by Crippen LogP contribution is -2.20. The van der Waals surface area contributed by atoms with Crippen LogP contribution in [0.4, 0.5) is 0 Å². The first-order chi connectivity index (χ1) is 8.81. The number of benzene rings is 1. The molecule has 0 aliphatic carbocycles. The average Bonchev–Trinajstić information content (AvgIpc) is 2.78. The van der Waals surface area contributed by atoms with Crippen LogP contribution in [0.15, 0.2) is 39.8 Å². The number of aliphatic hydroxyl groups is 1. The topological polar surface area (TPSA) is 68.3 Å².